The van der Waals surface area contributed by atoms with Crippen LogP contribution in [0, 0.1) is 0 Å². The Hall–Kier alpha value is -0.540. The quantitative estimate of drug-likeness (QED) is 0.876. The first-order chi connectivity index (χ1) is 6.77. The smallest absolute Gasteiger partial charge is 0.120 e. The molecule has 0 saturated heterocycles. The molecule has 0 atom stereocenters. The Bertz CT molecular complexity index is 289. The van der Waals surface area contributed by atoms with E-state index in [2.05, 4.69) is 34.2 Å². The summed E-state index contributed by atoms with van der Waals surface area (Å²) in [5.41, 5.74) is 1.26. The molecule has 0 saturated carbocycles. The fraction of sp³-hybridized carbons (Fsp3) is 0.455. The number of benzene rings is 1. The number of nitrogens with one attached hydrogen (secondary N) is 1. The third-order valence-electron chi connectivity index (χ3n) is 1.90. The van der Waals surface area contributed by atoms with Crippen molar-refractivity contribution >= 4 is 15.9 Å². The molecule has 1 N–H and O–H groups in total. The van der Waals surface area contributed by atoms with E-state index >= 15 is 0 Å². The minimum atomic E-state index is 0.707. The highest BCUT2D eigenvalue weighted by Gasteiger charge is 2.00. The van der Waals surface area contributed by atoms with Crippen LogP contribution in [0.5, 0.6) is 5.75 Å². The molecule has 1 aromatic rings. The molecule has 1 aromatic carbocycles. The van der Waals surface area contributed by atoms with Crippen molar-refractivity contribution in [3.63, 3.8) is 0 Å². The molecule has 0 unspecified atom stereocenters. The highest BCUT2D eigenvalue weighted by Crippen LogP contribution is 2.22. The fourth-order valence-corrected chi connectivity index (χ4v) is 1.69. The van der Waals surface area contributed by atoms with E-state index in [-0.39, 0.29) is 0 Å². The Morgan fingerprint density at radius 1 is 1.36 bits per heavy atom. The predicted octanol–water partition coefficient (Wildman–Crippen LogP) is 2.96. The van der Waals surface area contributed by atoms with E-state index in [9.17, 15) is 0 Å². The normalized spacial score (nSPS) is 10.2. The summed E-state index contributed by atoms with van der Waals surface area (Å²) >= 11 is 3.53. The van der Waals surface area contributed by atoms with Crippen LogP contribution in [0.4, 0.5) is 0 Å². The van der Waals surface area contributed by atoms with E-state index in [1.807, 2.05) is 19.1 Å². The molecule has 0 aliphatic carbocycles. The SMILES string of the molecule is CCNCc1ccc(OCC)cc1Br. The zero-order valence-corrected chi connectivity index (χ0v) is 10.2. The van der Waals surface area contributed by atoms with Crippen molar-refractivity contribution in [2.75, 3.05) is 13.2 Å². The van der Waals surface area contributed by atoms with Crippen molar-refractivity contribution in [3.05, 3.63) is 28.2 Å². The van der Waals surface area contributed by atoms with Crippen LogP contribution in [-0.4, -0.2) is 13.2 Å². The summed E-state index contributed by atoms with van der Waals surface area (Å²) in [5, 5.41) is 3.29. The summed E-state index contributed by atoms with van der Waals surface area (Å²) in [7, 11) is 0. The van der Waals surface area contributed by atoms with E-state index < -0.39 is 0 Å². The van der Waals surface area contributed by atoms with Crippen LogP contribution in [0.2, 0.25) is 0 Å². The lowest BCUT2D eigenvalue weighted by atomic mass is 10.2. The maximum absolute atomic E-state index is 5.40. The van der Waals surface area contributed by atoms with Gasteiger partial charge in [-0.1, -0.05) is 28.9 Å². The van der Waals surface area contributed by atoms with Gasteiger partial charge in [0.05, 0.1) is 6.61 Å². The van der Waals surface area contributed by atoms with Gasteiger partial charge in [0, 0.05) is 11.0 Å². The first kappa shape index (κ1) is 11.5. The molecule has 0 bridgehead atoms. The van der Waals surface area contributed by atoms with E-state index in [1.54, 1.807) is 0 Å². The predicted molar refractivity (Wildman–Crippen MR) is 62.7 cm³/mol. The van der Waals surface area contributed by atoms with Crippen LogP contribution >= 0.6 is 15.9 Å². The second-order valence-corrected chi connectivity index (χ2v) is 3.82. The van der Waals surface area contributed by atoms with Crippen molar-refractivity contribution in [1.82, 2.24) is 5.32 Å². The van der Waals surface area contributed by atoms with Crippen molar-refractivity contribution in [1.29, 1.82) is 0 Å². The molecule has 0 heterocycles. The Balaban J connectivity index is 2.68. The van der Waals surface area contributed by atoms with Gasteiger partial charge >= 0.3 is 0 Å². The largest absolute Gasteiger partial charge is 0.494 e. The standard InChI is InChI=1S/C11H16BrNO/c1-3-13-8-9-5-6-10(14-4-2)7-11(9)12/h5-7,13H,3-4,8H2,1-2H3. The topological polar surface area (TPSA) is 21.3 Å². The van der Waals surface area contributed by atoms with E-state index in [0.29, 0.717) is 6.61 Å². The third kappa shape index (κ3) is 3.31. The Labute approximate surface area is 93.8 Å². The fourth-order valence-electron chi connectivity index (χ4n) is 1.19. The summed E-state index contributed by atoms with van der Waals surface area (Å²) in [5.74, 6) is 0.916. The van der Waals surface area contributed by atoms with Gasteiger partial charge in [0.25, 0.3) is 0 Å². The van der Waals surface area contributed by atoms with Gasteiger partial charge in [-0.2, -0.15) is 0 Å². The molecule has 0 aliphatic heterocycles. The van der Waals surface area contributed by atoms with Crippen LogP contribution in [0.15, 0.2) is 22.7 Å². The molecule has 0 fully saturated rings. The second kappa shape index (κ2) is 6.04. The first-order valence-corrected chi connectivity index (χ1v) is 5.69. The van der Waals surface area contributed by atoms with Crippen molar-refractivity contribution in [3.8, 4) is 5.75 Å². The van der Waals surface area contributed by atoms with Gasteiger partial charge in [0.1, 0.15) is 5.75 Å². The van der Waals surface area contributed by atoms with Gasteiger partial charge in [-0.05, 0) is 31.2 Å². The number of rotatable bonds is 5. The van der Waals surface area contributed by atoms with E-state index in [0.717, 1.165) is 23.3 Å². The Morgan fingerprint density at radius 2 is 2.14 bits per heavy atom. The highest BCUT2D eigenvalue weighted by atomic mass is 79.9. The number of ether oxygens (including phenoxy) is 1. The molecule has 0 amide bonds. The van der Waals surface area contributed by atoms with Gasteiger partial charge in [-0.15, -0.1) is 0 Å². The van der Waals surface area contributed by atoms with Crippen LogP contribution in [0.1, 0.15) is 19.4 Å². The molecule has 0 radical (unpaired) electrons. The summed E-state index contributed by atoms with van der Waals surface area (Å²) < 4.78 is 6.50. The molecule has 0 spiro atoms. The molecular formula is C11H16BrNO. The van der Waals surface area contributed by atoms with Gasteiger partial charge < -0.3 is 10.1 Å². The molecule has 14 heavy (non-hydrogen) atoms. The van der Waals surface area contributed by atoms with Crippen molar-refractivity contribution < 1.29 is 4.74 Å². The zero-order chi connectivity index (χ0) is 10.4. The average Bonchev–Trinajstić information content (AvgIpc) is 2.17. The lowest BCUT2D eigenvalue weighted by Crippen LogP contribution is -2.12. The molecule has 0 aliphatic rings. The summed E-state index contributed by atoms with van der Waals surface area (Å²) in [6.07, 6.45) is 0. The highest BCUT2D eigenvalue weighted by molar-refractivity contribution is 9.10. The minimum Gasteiger partial charge on any atom is -0.494 e. The van der Waals surface area contributed by atoms with E-state index in [1.165, 1.54) is 5.56 Å². The van der Waals surface area contributed by atoms with Gasteiger partial charge in [-0.3, -0.25) is 0 Å². The number of hydrogen-bond acceptors (Lipinski definition) is 2. The summed E-state index contributed by atoms with van der Waals surface area (Å²) in [4.78, 5) is 0. The van der Waals surface area contributed by atoms with Gasteiger partial charge in [0.15, 0.2) is 0 Å². The molecule has 0 aromatic heterocycles. The number of halogens is 1. The molecule has 1 rings (SSSR count). The molecule has 2 nitrogen and oxygen atoms in total. The van der Waals surface area contributed by atoms with Crippen LogP contribution < -0.4 is 10.1 Å². The Morgan fingerprint density at radius 3 is 2.71 bits per heavy atom. The summed E-state index contributed by atoms with van der Waals surface area (Å²) in [6.45, 7) is 6.67. The lowest BCUT2D eigenvalue weighted by Gasteiger charge is -2.08. The summed E-state index contributed by atoms with van der Waals surface area (Å²) in [6, 6.07) is 6.09. The minimum absolute atomic E-state index is 0.707. The Kier molecular flexibility index (Phi) is 4.98. The molecule has 78 valence electrons. The van der Waals surface area contributed by atoms with Crippen LogP contribution in [0.25, 0.3) is 0 Å². The maximum Gasteiger partial charge on any atom is 0.120 e. The molecule has 3 heteroatoms. The first-order valence-electron chi connectivity index (χ1n) is 4.89. The van der Waals surface area contributed by atoms with E-state index in [4.69, 9.17) is 4.74 Å². The van der Waals surface area contributed by atoms with Crippen LogP contribution in [-0.2, 0) is 6.54 Å². The maximum atomic E-state index is 5.40. The monoisotopic (exact) mass is 257 g/mol. The molecular weight excluding hydrogens is 242 g/mol. The number of hydrogen-bond donors (Lipinski definition) is 1. The van der Waals surface area contributed by atoms with Crippen molar-refractivity contribution in [2.24, 2.45) is 0 Å². The van der Waals surface area contributed by atoms with Gasteiger partial charge in [0.2, 0.25) is 0 Å². The van der Waals surface area contributed by atoms with Crippen molar-refractivity contribution in [2.45, 2.75) is 20.4 Å². The average molecular weight is 258 g/mol. The van der Waals surface area contributed by atoms with Crippen LogP contribution in [0.3, 0.4) is 0 Å². The third-order valence-corrected chi connectivity index (χ3v) is 2.64. The van der Waals surface area contributed by atoms with Gasteiger partial charge in [-0.25, -0.2) is 0 Å². The lowest BCUT2D eigenvalue weighted by molar-refractivity contribution is 0.340. The zero-order valence-electron chi connectivity index (χ0n) is 8.64. The second-order valence-electron chi connectivity index (χ2n) is 2.97.